The third kappa shape index (κ3) is 15.8. The van der Waals surface area contributed by atoms with Crippen molar-refractivity contribution in [3.63, 3.8) is 0 Å². The highest BCUT2D eigenvalue weighted by Crippen LogP contribution is 2.19. The Labute approximate surface area is 238 Å². The van der Waals surface area contributed by atoms with Crippen LogP contribution < -0.4 is 10.6 Å². The van der Waals surface area contributed by atoms with E-state index in [9.17, 15) is 24.9 Å². The number of amides is 1. The van der Waals surface area contributed by atoms with Crippen molar-refractivity contribution in [1.29, 1.82) is 0 Å². The van der Waals surface area contributed by atoms with Gasteiger partial charge in [-0.3, -0.25) is 4.79 Å². The van der Waals surface area contributed by atoms with Crippen LogP contribution >= 0.6 is 0 Å². The van der Waals surface area contributed by atoms with Gasteiger partial charge in [0, 0.05) is 13.0 Å². The molecule has 0 aliphatic carbocycles. The third-order valence-corrected chi connectivity index (χ3v) is 6.12. The van der Waals surface area contributed by atoms with Gasteiger partial charge in [-0.25, -0.2) is 0 Å². The molecular weight excluding hydrogens is 512 g/mol. The lowest BCUT2D eigenvalue weighted by Crippen LogP contribution is -2.64. The molecule has 1 fully saturated rings. The van der Waals surface area contributed by atoms with Crippen LogP contribution in [0.2, 0.25) is 0 Å². The molecule has 0 aromatic carbocycles. The molecule has 1 heterocycles. The Bertz CT molecular complexity index is 866. The van der Waals surface area contributed by atoms with Gasteiger partial charge in [0.25, 0.3) is 0 Å². The normalized spacial score (nSPS) is 24.9. The average molecular weight is 561 g/mol. The second-order valence-electron chi connectivity index (χ2n) is 9.43. The fourth-order valence-electron chi connectivity index (χ4n) is 3.85. The first-order chi connectivity index (χ1) is 19.4. The first-order valence-corrected chi connectivity index (χ1v) is 14.1. The summed E-state index contributed by atoms with van der Waals surface area (Å²) >= 11 is 0. The smallest absolute Gasteiger partial charge is 0.220 e. The Kier molecular flexibility index (Phi) is 20.4. The predicted molar refractivity (Wildman–Crippen MR) is 157 cm³/mol. The van der Waals surface area contributed by atoms with Crippen molar-refractivity contribution in [2.24, 2.45) is 0 Å². The molecule has 9 heteroatoms. The number of aliphatic hydroxyl groups excluding tert-OH is 4. The van der Waals surface area contributed by atoms with E-state index in [1.54, 1.807) is 0 Å². The SMILES string of the molecule is CCC=CCC=CCC=CCC=CCC=CCC=CCCC(=O)N[C@H](C=O)CN[C@@H]1[C@@H](O)[C@H](O)[C@@H](CO)O[C@H]1O. The van der Waals surface area contributed by atoms with Crippen LogP contribution in [0.3, 0.4) is 0 Å². The van der Waals surface area contributed by atoms with E-state index in [2.05, 4.69) is 78.3 Å². The molecular formula is C31H48N2O7. The summed E-state index contributed by atoms with van der Waals surface area (Å²) in [6.07, 6.45) is 26.9. The Morgan fingerprint density at radius 2 is 1.30 bits per heavy atom. The van der Waals surface area contributed by atoms with E-state index in [1.165, 1.54) is 0 Å². The number of hydrogen-bond donors (Lipinski definition) is 6. The topological polar surface area (TPSA) is 148 Å². The van der Waals surface area contributed by atoms with Gasteiger partial charge in [-0.2, -0.15) is 0 Å². The molecule has 1 rings (SSSR count). The zero-order valence-electron chi connectivity index (χ0n) is 23.6. The largest absolute Gasteiger partial charge is 0.394 e. The fraction of sp³-hybridized carbons (Fsp3) is 0.548. The molecule has 0 spiro atoms. The number of nitrogens with one attached hydrogen (secondary N) is 2. The summed E-state index contributed by atoms with van der Waals surface area (Å²) in [5, 5.41) is 44.5. The van der Waals surface area contributed by atoms with Gasteiger partial charge < -0.3 is 40.6 Å². The molecule has 6 atom stereocenters. The molecule has 6 N–H and O–H groups in total. The van der Waals surface area contributed by atoms with E-state index in [-0.39, 0.29) is 18.9 Å². The van der Waals surface area contributed by atoms with E-state index < -0.39 is 43.3 Å². The van der Waals surface area contributed by atoms with E-state index in [0.29, 0.717) is 12.7 Å². The Morgan fingerprint density at radius 3 is 1.77 bits per heavy atom. The highest BCUT2D eigenvalue weighted by molar-refractivity contribution is 5.79. The highest BCUT2D eigenvalue weighted by Gasteiger charge is 2.43. The second kappa shape index (κ2) is 23.1. The van der Waals surface area contributed by atoms with Gasteiger partial charge in [0.1, 0.15) is 24.6 Å². The summed E-state index contributed by atoms with van der Waals surface area (Å²) in [4.78, 5) is 23.5. The number of carbonyl (C=O) groups excluding carboxylic acids is 2. The Morgan fingerprint density at radius 1 is 0.800 bits per heavy atom. The van der Waals surface area contributed by atoms with Gasteiger partial charge in [-0.15, -0.1) is 0 Å². The molecule has 0 saturated carbocycles. The van der Waals surface area contributed by atoms with Gasteiger partial charge in [0.2, 0.25) is 5.91 Å². The second-order valence-corrected chi connectivity index (χ2v) is 9.43. The molecule has 0 aromatic heterocycles. The zero-order chi connectivity index (χ0) is 29.4. The summed E-state index contributed by atoms with van der Waals surface area (Å²) in [5.41, 5.74) is 0. The van der Waals surface area contributed by atoms with Gasteiger partial charge in [-0.05, 0) is 44.9 Å². The first kappa shape index (κ1) is 35.4. The lowest BCUT2D eigenvalue weighted by Gasteiger charge is -2.40. The molecule has 0 unspecified atom stereocenters. The van der Waals surface area contributed by atoms with Crippen LogP contribution in [0.25, 0.3) is 0 Å². The van der Waals surface area contributed by atoms with Crippen LogP contribution in [0, 0.1) is 0 Å². The van der Waals surface area contributed by atoms with Crippen molar-refractivity contribution in [3.05, 3.63) is 72.9 Å². The van der Waals surface area contributed by atoms with Crippen LogP contribution in [-0.2, 0) is 14.3 Å². The minimum atomic E-state index is -1.49. The number of carbonyl (C=O) groups is 2. The summed E-state index contributed by atoms with van der Waals surface area (Å²) in [5.74, 6) is -0.306. The van der Waals surface area contributed by atoms with Crippen LogP contribution in [0.15, 0.2) is 72.9 Å². The maximum absolute atomic E-state index is 12.2. The van der Waals surface area contributed by atoms with Crippen LogP contribution in [0.4, 0.5) is 0 Å². The lowest BCUT2D eigenvalue weighted by molar-refractivity contribution is -0.254. The number of hydrogen-bond acceptors (Lipinski definition) is 8. The molecule has 0 radical (unpaired) electrons. The number of allylic oxidation sites excluding steroid dienone is 12. The van der Waals surface area contributed by atoms with Gasteiger partial charge >= 0.3 is 0 Å². The molecule has 0 bridgehead atoms. The standard InChI is InChI=1S/C31H48N2O7/c1-2-3-4-5-6-7-8-9-10-11-12-13-14-15-16-17-18-19-20-21-27(36)33-25(23-34)22-32-28-30(38)29(37)26(24-35)40-31(28)39/h3-4,6-7,9-10,12-13,15-16,18-19,23,25-26,28-32,35,37-39H,2,5,8,11,14,17,20-22,24H2,1H3,(H,33,36)/t25-,26+,28+,29+,30+,31+/m0/s1. The molecule has 1 saturated heterocycles. The van der Waals surface area contributed by atoms with Crippen molar-refractivity contribution in [3.8, 4) is 0 Å². The van der Waals surface area contributed by atoms with E-state index in [1.807, 2.05) is 12.2 Å². The highest BCUT2D eigenvalue weighted by atomic mass is 16.6. The van der Waals surface area contributed by atoms with E-state index in [0.717, 1.165) is 38.5 Å². The van der Waals surface area contributed by atoms with E-state index >= 15 is 0 Å². The Hall–Kier alpha value is -2.66. The minimum Gasteiger partial charge on any atom is -0.394 e. The number of aldehydes is 1. The number of ether oxygens (including phenoxy) is 1. The molecule has 0 aromatic rings. The lowest BCUT2D eigenvalue weighted by atomic mass is 9.97. The molecule has 1 amide bonds. The van der Waals surface area contributed by atoms with E-state index in [4.69, 9.17) is 9.84 Å². The molecule has 9 nitrogen and oxygen atoms in total. The molecule has 40 heavy (non-hydrogen) atoms. The maximum atomic E-state index is 12.2. The predicted octanol–water partition coefficient (Wildman–Crippen LogP) is 2.54. The monoisotopic (exact) mass is 560 g/mol. The van der Waals surface area contributed by atoms with Crippen molar-refractivity contribution in [2.45, 2.75) is 95.0 Å². The summed E-state index contributed by atoms with van der Waals surface area (Å²) in [7, 11) is 0. The quantitative estimate of drug-likeness (QED) is 0.0983. The number of aliphatic hydroxyl groups is 4. The summed E-state index contributed by atoms with van der Waals surface area (Å²) in [6, 6.07) is -1.97. The van der Waals surface area contributed by atoms with Crippen molar-refractivity contribution in [1.82, 2.24) is 10.6 Å². The Balaban J connectivity index is 2.15. The molecule has 1 aliphatic heterocycles. The fourth-order valence-corrected chi connectivity index (χ4v) is 3.85. The number of rotatable bonds is 20. The summed E-state index contributed by atoms with van der Waals surface area (Å²) < 4.78 is 5.06. The average Bonchev–Trinajstić information content (AvgIpc) is 2.95. The van der Waals surface area contributed by atoms with Gasteiger partial charge in [-0.1, -0.05) is 79.8 Å². The third-order valence-electron chi connectivity index (χ3n) is 6.12. The molecule has 224 valence electrons. The maximum Gasteiger partial charge on any atom is 0.220 e. The van der Waals surface area contributed by atoms with Crippen LogP contribution in [0.1, 0.15) is 58.3 Å². The van der Waals surface area contributed by atoms with Crippen LogP contribution in [-0.4, -0.2) is 82.5 Å². The minimum absolute atomic E-state index is 0.0756. The first-order valence-electron chi connectivity index (χ1n) is 14.1. The van der Waals surface area contributed by atoms with Crippen molar-refractivity contribution in [2.75, 3.05) is 13.2 Å². The zero-order valence-corrected chi connectivity index (χ0v) is 23.6. The molecule has 1 aliphatic rings. The van der Waals surface area contributed by atoms with Crippen molar-refractivity contribution < 1.29 is 34.8 Å². The van der Waals surface area contributed by atoms with Gasteiger partial charge in [0.05, 0.1) is 18.7 Å². The van der Waals surface area contributed by atoms with Gasteiger partial charge in [0.15, 0.2) is 6.29 Å². The van der Waals surface area contributed by atoms with Crippen molar-refractivity contribution >= 4 is 12.2 Å². The van der Waals surface area contributed by atoms with Crippen LogP contribution in [0.5, 0.6) is 0 Å². The summed E-state index contributed by atoms with van der Waals surface area (Å²) in [6.45, 7) is 1.49.